The number of methoxy groups -OCH3 is 1. The van der Waals surface area contributed by atoms with E-state index in [1.807, 2.05) is 48.1 Å². The molecule has 0 aliphatic heterocycles. The zero-order valence-electron chi connectivity index (χ0n) is 17.7. The van der Waals surface area contributed by atoms with Gasteiger partial charge in [0.05, 0.1) is 25.6 Å². The van der Waals surface area contributed by atoms with Crippen LogP contribution in [0.5, 0.6) is 5.75 Å². The van der Waals surface area contributed by atoms with E-state index in [1.165, 1.54) is 5.56 Å². The van der Waals surface area contributed by atoms with E-state index in [0.717, 1.165) is 48.1 Å². The fraction of sp³-hybridized carbons (Fsp3) is 0.364. The molecule has 0 fully saturated rings. The van der Waals surface area contributed by atoms with Crippen LogP contribution in [-0.2, 0) is 33.0 Å². The van der Waals surface area contributed by atoms with Crippen molar-refractivity contribution < 1.29 is 9.15 Å². The summed E-state index contributed by atoms with van der Waals surface area (Å²) < 4.78 is 12.5. The molecule has 0 bridgehead atoms. The molecule has 7 nitrogen and oxygen atoms in total. The number of rotatable bonds is 9. The Balaban J connectivity index is 0.00000320. The number of ether oxygens (including phenoxy) is 1. The van der Waals surface area contributed by atoms with Gasteiger partial charge in [-0.3, -0.25) is 4.68 Å². The third-order valence-corrected chi connectivity index (χ3v) is 4.60. The number of aryl methyl sites for hydroxylation is 2. The molecule has 162 valence electrons. The van der Waals surface area contributed by atoms with Gasteiger partial charge in [0, 0.05) is 38.3 Å². The summed E-state index contributed by atoms with van der Waals surface area (Å²) >= 11 is 0. The highest BCUT2D eigenvalue weighted by atomic mass is 127. The fourth-order valence-electron chi connectivity index (χ4n) is 3.04. The normalized spacial score (nSPS) is 11.1. The van der Waals surface area contributed by atoms with E-state index in [0.29, 0.717) is 13.1 Å². The summed E-state index contributed by atoms with van der Waals surface area (Å²) in [4.78, 5) is 4.74. The van der Waals surface area contributed by atoms with Crippen molar-refractivity contribution in [3.8, 4) is 5.75 Å². The maximum Gasteiger partial charge on any atom is 0.191 e. The predicted molar refractivity (Wildman–Crippen MR) is 129 cm³/mol. The predicted octanol–water partition coefficient (Wildman–Crippen LogP) is 3.68. The van der Waals surface area contributed by atoms with Crippen molar-refractivity contribution in [2.45, 2.75) is 32.9 Å². The van der Waals surface area contributed by atoms with Crippen molar-refractivity contribution in [3.63, 3.8) is 0 Å². The molecule has 2 heterocycles. The van der Waals surface area contributed by atoms with Crippen LogP contribution in [0.25, 0.3) is 0 Å². The topological polar surface area (TPSA) is 76.6 Å². The van der Waals surface area contributed by atoms with Crippen molar-refractivity contribution in [1.82, 2.24) is 20.4 Å². The number of hydrogen-bond donors (Lipinski definition) is 2. The first kappa shape index (κ1) is 23.8. The van der Waals surface area contributed by atoms with Crippen LogP contribution in [0.1, 0.15) is 29.5 Å². The first-order valence-corrected chi connectivity index (χ1v) is 9.86. The Morgan fingerprint density at radius 1 is 1.20 bits per heavy atom. The molecule has 30 heavy (non-hydrogen) atoms. The Bertz CT molecular complexity index is 904. The molecule has 0 saturated carbocycles. The van der Waals surface area contributed by atoms with Crippen LogP contribution in [0, 0.1) is 0 Å². The molecule has 1 aromatic carbocycles. The number of guanidine groups is 1. The van der Waals surface area contributed by atoms with E-state index in [-0.39, 0.29) is 24.0 Å². The van der Waals surface area contributed by atoms with Gasteiger partial charge in [-0.15, -0.1) is 24.0 Å². The molecule has 3 aromatic rings. The highest BCUT2D eigenvalue weighted by Gasteiger charge is 2.07. The van der Waals surface area contributed by atoms with E-state index >= 15 is 0 Å². The van der Waals surface area contributed by atoms with Crippen LogP contribution >= 0.6 is 24.0 Å². The molecule has 0 amide bonds. The van der Waals surface area contributed by atoms with Gasteiger partial charge in [0.25, 0.3) is 0 Å². The lowest BCUT2D eigenvalue weighted by molar-refractivity contribution is 0.414. The second-order valence-electron chi connectivity index (χ2n) is 6.75. The zero-order chi connectivity index (χ0) is 20.5. The van der Waals surface area contributed by atoms with E-state index < -0.39 is 0 Å². The quantitative estimate of drug-likeness (QED) is 0.254. The van der Waals surface area contributed by atoms with Gasteiger partial charge >= 0.3 is 0 Å². The summed E-state index contributed by atoms with van der Waals surface area (Å²) in [5.41, 5.74) is 3.40. The second kappa shape index (κ2) is 12.3. The molecule has 3 rings (SSSR count). The minimum atomic E-state index is 0. The SMILES string of the molecule is CCc1nn(C)cc1CNC(=NCc1ccc(OC)cc1)NCCc1ccco1.I. The van der Waals surface area contributed by atoms with E-state index in [1.54, 1.807) is 13.4 Å². The summed E-state index contributed by atoms with van der Waals surface area (Å²) in [5.74, 6) is 2.56. The molecule has 0 unspecified atom stereocenters. The molecule has 0 radical (unpaired) electrons. The number of hydrogen-bond acceptors (Lipinski definition) is 4. The lowest BCUT2D eigenvalue weighted by Crippen LogP contribution is -2.38. The largest absolute Gasteiger partial charge is 0.497 e. The third-order valence-electron chi connectivity index (χ3n) is 4.60. The third kappa shape index (κ3) is 7.08. The van der Waals surface area contributed by atoms with Crippen LogP contribution < -0.4 is 15.4 Å². The number of benzene rings is 1. The van der Waals surface area contributed by atoms with Crippen LogP contribution in [0.3, 0.4) is 0 Å². The van der Waals surface area contributed by atoms with Crippen molar-refractivity contribution in [2.24, 2.45) is 12.0 Å². The number of aromatic nitrogens is 2. The van der Waals surface area contributed by atoms with E-state index in [9.17, 15) is 0 Å². The van der Waals surface area contributed by atoms with Gasteiger partial charge in [0.15, 0.2) is 5.96 Å². The Labute approximate surface area is 194 Å². The van der Waals surface area contributed by atoms with Gasteiger partial charge in [-0.2, -0.15) is 5.10 Å². The average Bonchev–Trinajstić information content (AvgIpc) is 3.39. The minimum absolute atomic E-state index is 0. The molecule has 2 N–H and O–H groups in total. The fourth-order valence-corrected chi connectivity index (χ4v) is 3.04. The molecule has 0 spiro atoms. The molecular weight excluding hydrogens is 493 g/mol. The number of aliphatic imine (C=N–C) groups is 1. The summed E-state index contributed by atoms with van der Waals surface area (Å²) in [6, 6.07) is 11.8. The van der Waals surface area contributed by atoms with Crippen LogP contribution in [0.4, 0.5) is 0 Å². The van der Waals surface area contributed by atoms with Gasteiger partial charge < -0.3 is 19.8 Å². The lowest BCUT2D eigenvalue weighted by atomic mass is 10.2. The van der Waals surface area contributed by atoms with Gasteiger partial charge in [-0.05, 0) is 36.2 Å². The molecule has 0 aliphatic carbocycles. The van der Waals surface area contributed by atoms with Crippen molar-refractivity contribution in [3.05, 3.63) is 71.4 Å². The highest BCUT2D eigenvalue weighted by molar-refractivity contribution is 14.0. The van der Waals surface area contributed by atoms with Gasteiger partial charge in [0.1, 0.15) is 11.5 Å². The summed E-state index contributed by atoms with van der Waals surface area (Å²) in [6.45, 7) is 4.10. The maximum absolute atomic E-state index is 5.41. The van der Waals surface area contributed by atoms with Crippen LogP contribution in [0.15, 0.2) is 58.3 Å². The van der Waals surface area contributed by atoms with E-state index in [4.69, 9.17) is 14.1 Å². The Morgan fingerprint density at radius 2 is 2.00 bits per heavy atom. The molecule has 0 aliphatic rings. The van der Waals surface area contributed by atoms with Gasteiger partial charge in [-0.1, -0.05) is 19.1 Å². The molecule has 2 aromatic heterocycles. The zero-order valence-corrected chi connectivity index (χ0v) is 20.1. The number of halogens is 1. The minimum Gasteiger partial charge on any atom is -0.497 e. The van der Waals surface area contributed by atoms with Gasteiger partial charge in [0.2, 0.25) is 0 Å². The number of furan rings is 1. The summed E-state index contributed by atoms with van der Waals surface area (Å²) in [5, 5.41) is 11.3. The standard InChI is InChI=1S/C22H29N5O2.HI/c1-4-21-18(16-27(2)26-21)15-25-22(23-12-11-20-6-5-13-29-20)24-14-17-7-9-19(28-3)10-8-17;/h5-10,13,16H,4,11-12,14-15H2,1-3H3,(H2,23,24,25);1H. The maximum atomic E-state index is 5.41. The summed E-state index contributed by atoms with van der Waals surface area (Å²) in [6.07, 6.45) is 5.45. The highest BCUT2D eigenvalue weighted by Crippen LogP contribution is 2.12. The first-order valence-electron chi connectivity index (χ1n) is 9.86. The number of nitrogens with one attached hydrogen (secondary N) is 2. The van der Waals surface area contributed by atoms with E-state index in [2.05, 4.69) is 28.9 Å². The lowest BCUT2D eigenvalue weighted by Gasteiger charge is -2.12. The molecule has 0 atom stereocenters. The summed E-state index contributed by atoms with van der Waals surface area (Å²) in [7, 11) is 3.62. The Hall–Kier alpha value is -2.49. The van der Waals surface area contributed by atoms with Crippen molar-refractivity contribution in [2.75, 3.05) is 13.7 Å². The number of nitrogens with zero attached hydrogens (tertiary/aromatic N) is 3. The van der Waals surface area contributed by atoms with Crippen molar-refractivity contribution >= 4 is 29.9 Å². The molecular formula is C22H30IN5O2. The molecule has 0 saturated heterocycles. The average molecular weight is 523 g/mol. The van der Waals surface area contributed by atoms with Crippen LogP contribution in [-0.4, -0.2) is 29.4 Å². The first-order chi connectivity index (χ1) is 14.2. The monoisotopic (exact) mass is 523 g/mol. The second-order valence-corrected chi connectivity index (χ2v) is 6.75. The molecule has 8 heteroatoms. The smallest absolute Gasteiger partial charge is 0.191 e. The van der Waals surface area contributed by atoms with Gasteiger partial charge in [-0.25, -0.2) is 4.99 Å². The van der Waals surface area contributed by atoms with Crippen molar-refractivity contribution in [1.29, 1.82) is 0 Å². The Morgan fingerprint density at radius 3 is 2.67 bits per heavy atom. The Kier molecular flexibility index (Phi) is 9.72. The van der Waals surface area contributed by atoms with Crippen LogP contribution in [0.2, 0.25) is 0 Å².